The van der Waals surface area contributed by atoms with Gasteiger partial charge >= 0.3 is 0 Å². The molecule has 82 valence electrons. The van der Waals surface area contributed by atoms with Gasteiger partial charge in [0.05, 0.1) is 5.75 Å². The lowest BCUT2D eigenvalue weighted by atomic mass is 10.4. The van der Waals surface area contributed by atoms with Gasteiger partial charge in [-0.15, -0.1) is 0 Å². The first-order valence-corrected chi connectivity index (χ1v) is 6.37. The van der Waals surface area contributed by atoms with Crippen molar-refractivity contribution in [3.8, 4) is 0 Å². The van der Waals surface area contributed by atoms with Crippen molar-refractivity contribution in [3.63, 3.8) is 0 Å². The Hall–Kier alpha value is -0.840. The minimum atomic E-state index is 0.338. The number of nitrogens with two attached hydrogens (primary N) is 1. The van der Waals surface area contributed by atoms with Gasteiger partial charge in [-0.2, -0.15) is 21.7 Å². The van der Waals surface area contributed by atoms with Gasteiger partial charge < -0.3 is 5.73 Å². The summed E-state index contributed by atoms with van der Waals surface area (Å²) in [5, 5.41) is 0.795. The third-order valence-corrected chi connectivity index (χ3v) is 3.93. The first-order valence-electron chi connectivity index (χ1n) is 5.32. The quantitative estimate of drug-likeness (QED) is 0.850. The van der Waals surface area contributed by atoms with Crippen molar-refractivity contribution in [2.24, 2.45) is 0 Å². The minimum Gasteiger partial charge on any atom is -0.368 e. The third kappa shape index (κ3) is 3.06. The summed E-state index contributed by atoms with van der Waals surface area (Å²) in [6.45, 7) is 1.85. The largest absolute Gasteiger partial charge is 0.368 e. The van der Waals surface area contributed by atoms with Crippen LogP contribution in [0.15, 0.2) is 0 Å². The predicted octanol–water partition coefficient (Wildman–Crippen LogP) is 1.94. The Kier molecular flexibility index (Phi) is 3.41. The van der Waals surface area contributed by atoms with Crippen molar-refractivity contribution in [2.45, 2.75) is 43.6 Å². The van der Waals surface area contributed by atoms with Crippen LogP contribution in [0.25, 0.3) is 0 Å². The molecule has 1 heterocycles. The monoisotopic (exact) mass is 224 g/mol. The van der Waals surface area contributed by atoms with E-state index in [-0.39, 0.29) is 0 Å². The summed E-state index contributed by atoms with van der Waals surface area (Å²) in [6, 6.07) is 0. The summed E-state index contributed by atoms with van der Waals surface area (Å²) < 4.78 is 0. The van der Waals surface area contributed by atoms with E-state index in [2.05, 4.69) is 15.0 Å². The lowest BCUT2D eigenvalue weighted by molar-refractivity contribution is 0.886. The van der Waals surface area contributed by atoms with Crippen molar-refractivity contribution in [1.29, 1.82) is 0 Å². The summed E-state index contributed by atoms with van der Waals surface area (Å²) in [4.78, 5) is 12.4. The normalized spacial score (nSPS) is 17.1. The molecule has 4 nitrogen and oxygen atoms in total. The van der Waals surface area contributed by atoms with Gasteiger partial charge in [0.2, 0.25) is 5.95 Å². The number of aryl methyl sites for hydroxylation is 1. The van der Waals surface area contributed by atoms with Crippen LogP contribution in [0.3, 0.4) is 0 Å². The fraction of sp³-hybridized carbons (Fsp3) is 0.700. The molecule has 0 saturated heterocycles. The van der Waals surface area contributed by atoms with Crippen molar-refractivity contribution < 1.29 is 0 Å². The number of anilines is 1. The molecule has 1 aromatic heterocycles. The maximum Gasteiger partial charge on any atom is 0.223 e. The van der Waals surface area contributed by atoms with Crippen molar-refractivity contribution in [2.75, 3.05) is 5.73 Å². The standard InChI is InChI=1S/C10H16N4S/c1-7-12-9(14-10(11)13-7)6-15-8-4-2-3-5-8/h8H,2-6H2,1H3,(H2,11,12,13,14). The molecule has 2 N–H and O–H groups in total. The van der Waals surface area contributed by atoms with Gasteiger partial charge in [0.15, 0.2) is 0 Å². The first kappa shape index (κ1) is 10.7. The molecule has 1 saturated carbocycles. The van der Waals surface area contributed by atoms with Gasteiger partial charge in [-0.1, -0.05) is 12.8 Å². The van der Waals surface area contributed by atoms with Crippen LogP contribution < -0.4 is 5.73 Å². The first-order chi connectivity index (χ1) is 7.24. The number of hydrogen-bond acceptors (Lipinski definition) is 5. The number of rotatable bonds is 3. The van der Waals surface area contributed by atoms with E-state index in [0.29, 0.717) is 11.8 Å². The summed E-state index contributed by atoms with van der Waals surface area (Å²) >= 11 is 1.95. The average Bonchev–Trinajstić information content (AvgIpc) is 2.65. The highest BCUT2D eigenvalue weighted by molar-refractivity contribution is 7.99. The molecule has 0 unspecified atom stereocenters. The Morgan fingerprint density at radius 3 is 2.67 bits per heavy atom. The highest BCUT2D eigenvalue weighted by atomic mass is 32.2. The van der Waals surface area contributed by atoms with E-state index in [4.69, 9.17) is 5.73 Å². The molecule has 0 spiro atoms. The van der Waals surface area contributed by atoms with Gasteiger partial charge in [0.25, 0.3) is 0 Å². The molecule has 0 amide bonds. The van der Waals surface area contributed by atoms with E-state index in [1.807, 2.05) is 18.7 Å². The van der Waals surface area contributed by atoms with Crippen LogP contribution in [0, 0.1) is 6.92 Å². The van der Waals surface area contributed by atoms with Crippen LogP contribution in [0.1, 0.15) is 37.3 Å². The number of hydrogen-bond donors (Lipinski definition) is 1. The van der Waals surface area contributed by atoms with Crippen LogP contribution >= 0.6 is 11.8 Å². The van der Waals surface area contributed by atoms with E-state index in [0.717, 1.165) is 16.8 Å². The minimum absolute atomic E-state index is 0.338. The van der Waals surface area contributed by atoms with Crippen molar-refractivity contribution in [3.05, 3.63) is 11.6 Å². The number of thioether (sulfide) groups is 1. The van der Waals surface area contributed by atoms with Crippen molar-refractivity contribution in [1.82, 2.24) is 15.0 Å². The second-order valence-corrected chi connectivity index (χ2v) is 5.16. The van der Waals surface area contributed by atoms with Crippen molar-refractivity contribution >= 4 is 17.7 Å². The Balaban J connectivity index is 1.92. The van der Waals surface area contributed by atoms with Crippen LogP contribution in [0.4, 0.5) is 5.95 Å². The molecule has 2 rings (SSSR count). The van der Waals surface area contributed by atoms with E-state index < -0.39 is 0 Å². The highest BCUT2D eigenvalue weighted by Gasteiger charge is 2.15. The van der Waals surface area contributed by atoms with E-state index in [1.54, 1.807) is 0 Å². The Bertz CT molecular complexity index is 316. The fourth-order valence-corrected chi connectivity index (χ4v) is 3.05. The second-order valence-electron chi connectivity index (χ2n) is 3.87. The smallest absolute Gasteiger partial charge is 0.223 e. The molecule has 0 atom stereocenters. The van der Waals surface area contributed by atoms with Gasteiger partial charge in [-0.25, -0.2) is 4.98 Å². The summed E-state index contributed by atoms with van der Waals surface area (Å²) in [5.41, 5.74) is 5.57. The highest BCUT2D eigenvalue weighted by Crippen LogP contribution is 2.30. The number of nitrogen functional groups attached to an aromatic ring is 1. The van der Waals surface area contributed by atoms with Crippen LogP contribution in [-0.2, 0) is 5.75 Å². The zero-order valence-electron chi connectivity index (χ0n) is 8.94. The Morgan fingerprint density at radius 1 is 1.27 bits per heavy atom. The fourth-order valence-electron chi connectivity index (χ4n) is 1.87. The predicted molar refractivity (Wildman–Crippen MR) is 62.5 cm³/mol. The zero-order valence-corrected chi connectivity index (χ0v) is 9.76. The lowest BCUT2D eigenvalue weighted by Crippen LogP contribution is -2.05. The Morgan fingerprint density at radius 2 is 2.00 bits per heavy atom. The number of nitrogens with zero attached hydrogens (tertiary/aromatic N) is 3. The third-order valence-electron chi connectivity index (χ3n) is 2.56. The molecule has 1 fully saturated rings. The van der Waals surface area contributed by atoms with Crippen LogP contribution in [-0.4, -0.2) is 20.2 Å². The molecule has 1 aromatic rings. The van der Waals surface area contributed by atoms with Gasteiger partial charge in [-0.3, -0.25) is 0 Å². The molecule has 0 aromatic carbocycles. The van der Waals surface area contributed by atoms with Gasteiger partial charge in [0, 0.05) is 5.25 Å². The molecular weight excluding hydrogens is 208 g/mol. The molecule has 1 aliphatic rings. The number of aromatic nitrogens is 3. The molecule has 0 bridgehead atoms. The average molecular weight is 224 g/mol. The van der Waals surface area contributed by atoms with Gasteiger partial charge in [0.1, 0.15) is 11.6 Å². The molecular formula is C10H16N4S. The van der Waals surface area contributed by atoms with Gasteiger partial charge in [-0.05, 0) is 19.8 Å². The summed E-state index contributed by atoms with van der Waals surface area (Å²) in [7, 11) is 0. The van der Waals surface area contributed by atoms with E-state index in [1.165, 1.54) is 25.7 Å². The molecule has 5 heteroatoms. The lowest BCUT2D eigenvalue weighted by Gasteiger charge is -2.07. The Labute approximate surface area is 94.1 Å². The summed E-state index contributed by atoms with van der Waals surface area (Å²) in [5.74, 6) is 2.73. The molecule has 0 aliphatic heterocycles. The van der Waals surface area contributed by atoms with Crippen LogP contribution in [0.5, 0.6) is 0 Å². The van der Waals surface area contributed by atoms with E-state index in [9.17, 15) is 0 Å². The maximum atomic E-state index is 5.57. The van der Waals surface area contributed by atoms with E-state index >= 15 is 0 Å². The summed E-state index contributed by atoms with van der Waals surface area (Å²) in [6.07, 6.45) is 5.42. The second kappa shape index (κ2) is 4.79. The SMILES string of the molecule is Cc1nc(N)nc(CSC2CCCC2)n1. The van der Waals surface area contributed by atoms with Crippen LogP contribution in [0.2, 0.25) is 0 Å². The molecule has 1 aliphatic carbocycles. The molecule has 15 heavy (non-hydrogen) atoms. The molecule has 0 radical (unpaired) electrons. The zero-order chi connectivity index (χ0) is 10.7. The maximum absolute atomic E-state index is 5.57. The topological polar surface area (TPSA) is 64.7 Å².